The monoisotopic (exact) mass is 232 g/mol. The van der Waals surface area contributed by atoms with Crippen molar-refractivity contribution in [3.05, 3.63) is 33.9 Å². The molecule has 0 saturated carbocycles. The third kappa shape index (κ3) is 3.61. The van der Waals surface area contributed by atoms with Crippen LogP contribution in [-0.2, 0) is 0 Å². The van der Waals surface area contributed by atoms with Crippen LogP contribution in [0.2, 0.25) is 0 Å². The lowest BCUT2D eigenvalue weighted by Gasteiger charge is -2.05. The van der Waals surface area contributed by atoms with E-state index in [1.54, 1.807) is 6.92 Å². The molecule has 0 heterocycles. The predicted octanol–water partition coefficient (Wildman–Crippen LogP) is 2.23. The van der Waals surface area contributed by atoms with Gasteiger partial charge in [0, 0.05) is 24.6 Å². The average molecular weight is 232 g/mol. The van der Waals surface area contributed by atoms with E-state index in [1.165, 1.54) is 18.2 Å². The number of nitrogens with one attached hydrogen (secondary N) is 1. The Kier molecular flexibility index (Phi) is 4.70. The zero-order valence-corrected chi connectivity index (χ0v) is 9.40. The number of carbonyl (C=O) groups excluding carboxylic acids is 1. The van der Waals surface area contributed by atoms with Crippen molar-refractivity contribution in [3.8, 4) is 11.8 Å². The van der Waals surface area contributed by atoms with E-state index in [2.05, 4.69) is 17.2 Å². The second-order valence-electron chi connectivity index (χ2n) is 3.26. The minimum absolute atomic E-state index is 0.0981. The fraction of sp³-hybridized carbons (Fsp3) is 0.250. The standard InChI is InChI=1S/C12H12N2O3/c1-2-3-4-7-13-11-6-5-10(9-15)8-12(11)14(16)17/h5-6,8-9,13H,4,7H2,1H3. The molecular weight excluding hydrogens is 220 g/mol. The quantitative estimate of drug-likeness (QED) is 0.278. The Hall–Kier alpha value is -2.35. The summed E-state index contributed by atoms with van der Waals surface area (Å²) in [5.41, 5.74) is 0.591. The first kappa shape index (κ1) is 12.7. The molecule has 1 aromatic carbocycles. The molecule has 1 rings (SSSR count). The topological polar surface area (TPSA) is 72.2 Å². The van der Waals surface area contributed by atoms with Crippen molar-refractivity contribution in [3.63, 3.8) is 0 Å². The number of benzene rings is 1. The molecule has 0 aliphatic rings. The van der Waals surface area contributed by atoms with Gasteiger partial charge in [0.05, 0.1) is 4.92 Å². The van der Waals surface area contributed by atoms with Gasteiger partial charge in [-0.25, -0.2) is 0 Å². The normalized spacial score (nSPS) is 9.00. The molecule has 0 aromatic heterocycles. The van der Waals surface area contributed by atoms with Crippen LogP contribution in [-0.4, -0.2) is 17.8 Å². The molecule has 0 fully saturated rings. The fourth-order valence-corrected chi connectivity index (χ4v) is 1.31. The Balaban J connectivity index is 2.85. The Bertz CT molecular complexity index is 486. The van der Waals surface area contributed by atoms with Crippen molar-refractivity contribution in [1.29, 1.82) is 0 Å². The van der Waals surface area contributed by atoms with Crippen LogP contribution < -0.4 is 5.32 Å². The lowest BCUT2D eigenvalue weighted by atomic mass is 10.2. The summed E-state index contributed by atoms with van der Waals surface area (Å²) in [7, 11) is 0. The summed E-state index contributed by atoms with van der Waals surface area (Å²) in [6.07, 6.45) is 1.20. The van der Waals surface area contributed by atoms with Gasteiger partial charge < -0.3 is 5.32 Å². The lowest BCUT2D eigenvalue weighted by molar-refractivity contribution is -0.384. The highest BCUT2D eigenvalue weighted by Gasteiger charge is 2.13. The van der Waals surface area contributed by atoms with Crippen LogP contribution in [0.25, 0.3) is 0 Å². The second-order valence-corrected chi connectivity index (χ2v) is 3.26. The molecule has 88 valence electrons. The van der Waals surface area contributed by atoms with Crippen LogP contribution in [0.4, 0.5) is 11.4 Å². The van der Waals surface area contributed by atoms with Gasteiger partial charge in [-0.2, -0.15) is 0 Å². The van der Waals surface area contributed by atoms with Crippen molar-refractivity contribution in [2.75, 3.05) is 11.9 Å². The van der Waals surface area contributed by atoms with E-state index in [9.17, 15) is 14.9 Å². The van der Waals surface area contributed by atoms with Gasteiger partial charge in [-0.15, -0.1) is 11.8 Å². The molecule has 5 heteroatoms. The fourth-order valence-electron chi connectivity index (χ4n) is 1.31. The highest BCUT2D eigenvalue weighted by atomic mass is 16.6. The van der Waals surface area contributed by atoms with Crippen molar-refractivity contribution in [1.82, 2.24) is 0 Å². The number of nitro benzene ring substituents is 1. The number of hydrogen-bond donors (Lipinski definition) is 1. The number of rotatable bonds is 5. The Morgan fingerprint density at radius 2 is 2.29 bits per heavy atom. The first-order valence-corrected chi connectivity index (χ1v) is 5.06. The van der Waals surface area contributed by atoms with Gasteiger partial charge in [-0.3, -0.25) is 14.9 Å². The van der Waals surface area contributed by atoms with Crippen LogP contribution in [0.5, 0.6) is 0 Å². The zero-order valence-electron chi connectivity index (χ0n) is 9.40. The van der Waals surface area contributed by atoms with E-state index in [4.69, 9.17) is 0 Å². The Labute approximate surface area is 99.0 Å². The average Bonchev–Trinajstić information content (AvgIpc) is 2.34. The third-order valence-corrected chi connectivity index (χ3v) is 2.10. The zero-order chi connectivity index (χ0) is 12.7. The number of nitrogens with zero attached hydrogens (tertiary/aromatic N) is 1. The number of carbonyl (C=O) groups is 1. The van der Waals surface area contributed by atoms with E-state index in [1.807, 2.05) is 0 Å². The molecule has 17 heavy (non-hydrogen) atoms. The number of anilines is 1. The van der Waals surface area contributed by atoms with E-state index in [0.29, 0.717) is 24.9 Å². The van der Waals surface area contributed by atoms with E-state index < -0.39 is 4.92 Å². The molecule has 0 aliphatic heterocycles. The van der Waals surface area contributed by atoms with Crippen LogP contribution >= 0.6 is 0 Å². The minimum atomic E-state index is -0.513. The van der Waals surface area contributed by atoms with Crippen LogP contribution in [0, 0.1) is 22.0 Å². The lowest BCUT2D eigenvalue weighted by Crippen LogP contribution is -2.04. The highest BCUT2D eigenvalue weighted by Crippen LogP contribution is 2.24. The van der Waals surface area contributed by atoms with Gasteiger partial charge in [0.1, 0.15) is 12.0 Å². The molecule has 0 radical (unpaired) electrons. The third-order valence-electron chi connectivity index (χ3n) is 2.10. The second kappa shape index (κ2) is 6.28. The number of nitro groups is 1. The molecule has 0 unspecified atom stereocenters. The predicted molar refractivity (Wildman–Crippen MR) is 65.0 cm³/mol. The van der Waals surface area contributed by atoms with Gasteiger partial charge in [-0.1, -0.05) is 0 Å². The first-order valence-electron chi connectivity index (χ1n) is 5.06. The molecule has 1 aromatic rings. The summed E-state index contributed by atoms with van der Waals surface area (Å²) in [6, 6.07) is 4.32. The van der Waals surface area contributed by atoms with Gasteiger partial charge in [0.25, 0.3) is 5.69 Å². The van der Waals surface area contributed by atoms with Crippen molar-refractivity contribution < 1.29 is 9.72 Å². The van der Waals surface area contributed by atoms with Crippen molar-refractivity contribution >= 4 is 17.7 Å². The Morgan fingerprint density at radius 1 is 1.53 bits per heavy atom. The smallest absolute Gasteiger partial charge is 0.293 e. The maximum absolute atomic E-state index is 10.8. The molecule has 0 amide bonds. The maximum Gasteiger partial charge on any atom is 0.293 e. The maximum atomic E-state index is 10.8. The molecular formula is C12H12N2O3. The summed E-state index contributed by atoms with van der Waals surface area (Å²) < 4.78 is 0. The van der Waals surface area contributed by atoms with E-state index in [0.717, 1.165) is 0 Å². The van der Waals surface area contributed by atoms with Crippen molar-refractivity contribution in [2.45, 2.75) is 13.3 Å². The molecule has 5 nitrogen and oxygen atoms in total. The molecule has 0 aliphatic carbocycles. The first-order chi connectivity index (χ1) is 8.19. The van der Waals surface area contributed by atoms with Crippen LogP contribution in [0.3, 0.4) is 0 Å². The molecule has 0 bridgehead atoms. The van der Waals surface area contributed by atoms with Gasteiger partial charge in [0.2, 0.25) is 0 Å². The Morgan fingerprint density at radius 3 is 2.88 bits per heavy atom. The van der Waals surface area contributed by atoms with Crippen molar-refractivity contribution in [2.24, 2.45) is 0 Å². The van der Waals surface area contributed by atoms with Gasteiger partial charge in [0.15, 0.2) is 0 Å². The molecule has 1 N–H and O–H groups in total. The largest absolute Gasteiger partial charge is 0.379 e. The summed E-state index contributed by atoms with van der Waals surface area (Å²) in [5, 5.41) is 13.7. The molecule has 0 spiro atoms. The van der Waals surface area contributed by atoms with Crippen LogP contribution in [0.1, 0.15) is 23.7 Å². The molecule has 0 saturated heterocycles. The minimum Gasteiger partial charge on any atom is -0.379 e. The summed E-state index contributed by atoms with van der Waals surface area (Å²) >= 11 is 0. The SMILES string of the molecule is CC#CCCNc1ccc(C=O)cc1[N+](=O)[O-]. The summed E-state index contributed by atoms with van der Waals surface area (Å²) in [5.74, 6) is 5.59. The highest BCUT2D eigenvalue weighted by molar-refractivity contribution is 5.79. The van der Waals surface area contributed by atoms with Gasteiger partial charge in [-0.05, 0) is 19.1 Å². The van der Waals surface area contributed by atoms with Gasteiger partial charge >= 0.3 is 0 Å². The molecule has 0 atom stereocenters. The van der Waals surface area contributed by atoms with Crippen LogP contribution in [0.15, 0.2) is 18.2 Å². The number of hydrogen-bond acceptors (Lipinski definition) is 4. The van der Waals surface area contributed by atoms with E-state index in [-0.39, 0.29) is 11.3 Å². The van der Waals surface area contributed by atoms with E-state index >= 15 is 0 Å². The summed E-state index contributed by atoms with van der Waals surface area (Å²) in [6.45, 7) is 2.27. The number of aldehydes is 1. The summed E-state index contributed by atoms with van der Waals surface area (Å²) in [4.78, 5) is 20.8.